The maximum absolute atomic E-state index is 9.45. The lowest BCUT2D eigenvalue weighted by atomic mass is 9.96. The molecule has 19 heavy (non-hydrogen) atoms. The molecule has 6 heteroatoms. The zero-order valence-electron chi connectivity index (χ0n) is 11.5. The van der Waals surface area contributed by atoms with Gasteiger partial charge in [-0.3, -0.25) is 0 Å². The molecule has 1 heterocycles. The molecule has 2 N–H and O–H groups in total. The smallest absolute Gasteiger partial charge is 0.240 e. The first kappa shape index (κ1) is 14.4. The third-order valence-electron chi connectivity index (χ3n) is 3.69. The van der Waals surface area contributed by atoms with Crippen molar-refractivity contribution < 1.29 is 14.4 Å². The number of aliphatic hydroxyl groups excluding tert-OH is 1. The quantitative estimate of drug-likeness (QED) is 0.756. The van der Waals surface area contributed by atoms with Crippen LogP contribution in [-0.4, -0.2) is 35.0 Å². The molecule has 1 aliphatic carbocycles. The van der Waals surface area contributed by atoms with Crippen molar-refractivity contribution >= 4 is 0 Å². The molecule has 1 aromatic heterocycles. The topological polar surface area (TPSA) is 80.4 Å². The first-order valence-electron chi connectivity index (χ1n) is 6.98. The second-order valence-corrected chi connectivity index (χ2v) is 5.11. The summed E-state index contributed by atoms with van der Waals surface area (Å²) in [6.07, 6.45) is 5.87. The molecule has 0 bridgehead atoms. The molecule has 0 radical (unpaired) electrons. The van der Waals surface area contributed by atoms with E-state index < -0.39 is 0 Å². The highest BCUT2D eigenvalue weighted by Gasteiger charge is 2.23. The number of hydrogen-bond acceptors (Lipinski definition) is 6. The Bertz CT molecular complexity index is 370. The minimum Gasteiger partial charge on any atom is -0.396 e. The van der Waals surface area contributed by atoms with Crippen LogP contribution in [0.5, 0.6) is 0 Å². The van der Waals surface area contributed by atoms with Crippen LogP contribution in [0.4, 0.5) is 0 Å². The highest BCUT2D eigenvalue weighted by molar-refractivity contribution is 4.86. The number of aliphatic hydroxyl groups is 1. The van der Waals surface area contributed by atoms with Crippen molar-refractivity contribution in [2.45, 2.75) is 51.3 Å². The Morgan fingerprint density at radius 3 is 3.00 bits per heavy atom. The maximum Gasteiger partial charge on any atom is 0.240 e. The Balaban J connectivity index is 1.84. The fourth-order valence-corrected chi connectivity index (χ4v) is 2.64. The van der Waals surface area contributed by atoms with E-state index in [2.05, 4.69) is 15.5 Å². The average molecular weight is 269 g/mol. The van der Waals surface area contributed by atoms with E-state index in [4.69, 9.17) is 9.26 Å². The molecule has 0 aliphatic heterocycles. The summed E-state index contributed by atoms with van der Waals surface area (Å²) in [5.41, 5.74) is 0. The Morgan fingerprint density at radius 1 is 1.37 bits per heavy atom. The first-order valence-corrected chi connectivity index (χ1v) is 6.98. The summed E-state index contributed by atoms with van der Waals surface area (Å²) in [5, 5.41) is 16.7. The van der Waals surface area contributed by atoms with E-state index in [0.29, 0.717) is 36.8 Å². The van der Waals surface area contributed by atoms with Crippen LogP contribution in [0.3, 0.4) is 0 Å². The fraction of sp³-hybridized carbons (Fsp3) is 0.846. The molecule has 0 saturated heterocycles. The van der Waals surface area contributed by atoms with Gasteiger partial charge in [0.15, 0.2) is 5.82 Å². The number of rotatable bonds is 6. The lowest BCUT2D eigenvalue weighted by Gasteiger charge is -2.23. The lowest BCUT2D eigenvalue weighted by molar-refractivity contribution is 0.174. The van der Waals surface area contributed by atoms with Gasteiger partial charge in [0.05, 0.1) is 6.54 Å². The van der Waals surface area contributed by atoms with E-state index in [1.807, 2.05) is 0 Å². The molecule has 6 nitrogen and oxygen atoms in total. The zero-order chi connectivity index (χ0) is 13.5. The van der Waals surface area contributed by atoms with E-state index in [9.17, 15) is 5.11 Å². The molecule has 1 fully saturated rings. The van der Waals surface area contributed by atoms with Crippen LogP contribution in [0.15, 0.2) is 4.52 Å². The standard InChI is InChI=1S/C13H23N3O3/c1-18-9-12-15-13(19-16-12)7-14-11-6-4-2-3-5-10(11)8-17/h10-11,14,17H,2-9H2,1H3/t10-,11+/m0/s1. The van der Waals surface area contributed by atoms with E-state index in [-0.39, 0.29) is 6.61 Å². The summed E-state index contributed by atoms with van der Waals surface area (Å²) in [4.78, 5) is 4.23. The highest BCUT2D eigenvalue weighted by atomic mass is 16.5. The molecular formula is C13H23N3O3. The third-order valence-corrected chi connectivity index (χ3v) is 3.69. The van der Waals surface area contributed by atoms with Gasteiger partial charge in [-0.15, -0.1) is 0 Å². The second-order valence-electron chi connectivity index (χ2n) is 5.11. The van der Waals surface area contributed by atoms with Gasteiger partial charge in [-0.05, 0) is 18.8 Å². The van der Waals surface area contributed by atoms with Crippen LogP contribution >= 0.6 is 0 Å². The van der Waals surface area contributed by atoms with Crippen LogP contribution in [0.1, 0.15) is 43.8 Å². The summed E-state index contributed by atoms with van der Waals surface area (Å²) in [5.74, 6) is 1.48. The zero-order valence-corrected chi connectivity index (χ0v) is 11.5. The molecule has 2 atom stereocenters. The Labute approximate surface area is 113 Å². The predicted octanol–water partition coefficient (Wildman–Crippen LogP) is 1.25. The molecule has 1 aliphatic rings. The summed E-state index contributed by atoms with van der Waals surface area (Å²) >= 11 is 0. The Kier molecular flexibility index (Phi) is 5.75. The van der Waals surface area contributed by atoms with E-state index in [1.54, 1.807) is 7.11 Å². The van der Waals surface area contributed by atoms with Gasteiger partial charge in [0.25, 0.3) is 0 Å². The van der Waals surface area contributed by atoms with Crippen molar-refractivity contribution in [2.75, 3.05) is 13.7 Å². The van der Waals surface area contributed by atoms with Crippen LogP contribution < -0.4 is 5.32 Å². The van der Waals surface area contributed by atoms with Gasteiger partial charge in [0.2, 0.25) is 5.89 Å². The molecule has 1 aromatic rings. The minimum atomic E-state index is 0.246. The Morgan fingerprint density at radius 2 is 2.21 bits per heavy atom. The monoisotopic (exact) mass is 269 g/mol. The Hall–Kier alpha value is -0.980. The van der Waals surface area contributed by atoms with E-state index in [1.165, 1.54) is 19.3 Å². The fourth-order valence-electron chi connectivity index (χ4n) is 2.64. The van der Waals surface area contributed by atoms with Gasteiger partial charge in [-0.1, -0.05) is 24.4 Å². The lowest BCUT2D eigenvalue weighted by Crippen LogP contribution is -2.37. The molecule has 0 amide bonds. The van der Waals surface area contributed by atoms with Crippen molar-refractivity contribution in [1.29, 1.82) is 0 Å². The molecule has 0 aromatic carbocycles. The van der Waals surface area contributed by atoms with Crippen molar-refractivity contribution in [3.63, 3.8) is 0 Å². The molecule has 0 spiro atoms. The van der Waals surface area contributed by atoms with Crippen molar-refractivity contribution in [3.8, 4) is 0 Å². The average Bonchev–Trinajstić information content (AvgIpc) is 2.74. The number of ether oxygens (including phenoxy) is 1. The molecule has 0 unspecified atom stereocenters. The van der Waals surface area contributed by atoms with Gasteiger partial charge in [0.1, 0.15) is 6.61 Å². The third kappa shape index (κ3) is 4.26. The summed E-state index contributed by atoms with van der Waals surface area (Å²) in [6.45, 7) is 1.17. The largest absolute Gasteiger partial charge is 0.396 e. The molecule has 2 rings (SSSR count). The van der Waals surface area contributed by atoms with Crippen LogP contribution in [0.25, 0.3) is 0 Å². The van der Waals surface area contributed by atoms with Crippen LogP contribution in [0.2, 0.25) is 0 Å². The highest BCUT2D eigenvalue weighted by Crippen LogP contribution is 2.23. The number of nitrogens with one attached hydrogen (secondary N) is 1. The minimum absolute atomic E-state index is 0.246. The van der Waals surface area contributed by atoms with Gasteiger partial charge in [-0.2, -0.15) is 4.98 Å². The van der Waals surface area contributed by atoms with Crippen LogP contribution in [-0.2, 0) is 17.9 Å². The van der Waals surface area contributed by atoms with Crippen molar-refractivity contribution in [3.05, 3.63) is 11.7 Å². The maximum atomic E-state index is 9.45. The summed E-state index contributed by atoms with van der Waals surface area (Å²) in [6, 6.07) is 0.338. The first-order chi connectivity index (χ1) is 9.33. The number of methoxy groups -OCH3 is 1. The van der Waals surface area contributed by atoms with Crippen molar-refractivity contribution in [1.82, 2.24) is 15.5 Å². The van der Waals surface area contributed by atoms with E-state index >= 15 is 0 Å². The molecule has 108 valence electrons. The van der Waals surface area contributed by atoms with Crippen molar-refractivity contribution in [2.24, 2.45) is 5.92 Å². The van der Waals surface area contributed by atoms with Crippen LogP contribution in [0, 0.1) is 5.92 Å². The van der Waals surface area contributed by atoms with E-state index in [0.717, 1.165) is 12.8 Å². The normalized spacial score (nSPS) is 24.3. The summed E-state index contributed by atoms with van der Waals surface area (Å²) in [7, 11) is 1.60. The summed E-state index contributed by atoms with van der Waals surface area (Å²) < 4.78 is 10.1. The van der Waals surface area contributed by atoms with Gasteiger partial charge >= 0.3 is 0 Å². The van der Waals surface area contributed by atoms with Gasteiger partial charge in [-0.25, -0.2) is 0 Å². The molecule has 1 saturated carbocycles. The number of aromatic nitrogens is 2. The second kappa shape index (κ2) is 7.57. The molecular weight excluding hydrogens is 246 g/mol. The van der Waals surface area contributed by atoms with Gasteiger partial charge in [0, 0.05) is 19.8 Å². The number of nitrogens with zero attached hydrogens (tertiary/aromatic N) is 2. The van der Waals surface area contributed by atoms with Gasteiger partial charge < -0.3 is 19.7 Å². The predicted molar refractivity (Wildman–Crippen MR) is 69.3 cm³/mol. The number of hydrogen-bond donors (Lipinski definition) is 2. The SMILES string of the molecule is COCc1noc(CN[C@@H]2CCCCC[C@H]2CO)n1.